The number of hydrogen-bond acceptors (Lipinski definition) is 2. The molecule has 0 saturated carbocycles. The summed E-state index contributed by atoms with van der Waals surface area (Å²) in [7, 11) is 0. The lowest BCUT2D eigenvalue weighted by Gasteiger charge is -2.20. The van der Waals surface area contributed by atoms with Crippen molar-refractivity contribution in [3.8, 4) is 0 Å². The van der Waals surface area contributed by atoms with Crippen molar-refractivity contribution in [3.63, 3.8) is 0 Å². The lowest BCUT2D eigenvalue weighted by atomic mass is 10.1. The highest BCUT2D eigenvalue weighted by Gasteiger charge is 2.21. The van der Waals surface area contributed by atoms with Gasteiger partial charge in [0.05, 0.1) is 0 Å². The molecule has 1 heterocycles. The van der Waals surface area contributed by atoms with Gasteiger partial charge < -0.3 is 10.6 Å². The molecule has 4 heteroatoms. The van der Waals surface area contributed by atoms with Crippen molar-refractivity contribution in [2.45, 2.75) is 13.0 Å². The fraction of sp³-hybridized carbons (Fsp3) is 0.200. The number of benzene rings is 2. The van der Waals surface area contributed by atoms with Crippen molar-refractivity contribution in [2.24, 2.45) is 0 Å². The highest BCUT2D eigenvalue weighted by Crippen LogP contribution is 2.33. The van der Waals surface area contributed by atoms with Crippen LogP contribution in [0.5, 0.6) is 0 Å². The molecule has 0 aromatic heterocycles. The first-order valence-electron chi connectivity index (χ1n) is 6.21. The number of nitrogens with two attached hydrogens (primary N) is 1. The zero-order valence-corrected chi connectivity index (χ0v) is 12.0. The summed E-state index contributed by atoms with van der Waals surface area (Å²) in [5.41, 5.74) is 9.81. The second kappa shape index (κ2) is 4.85. The van der Waals surface area contributed by atoms with E-state index < -0.39 is 0 Å². The Morgan fingerprint density at radius 2 is 2.11 bits per heavy atom. The summed E-state index contributed by atoms with van der Waals surface area (Å²) < 4.78 is 14.6. The highest BCUT2D eigenvalue weighted by atomic mass is 79.9. The Bertz CT molecular complexity index is 628. The number of hydrogen-bond donors (Lipinski definition) is 1. The van der Waals surface area contributed by atoms with Gasteiger partial charge in [-0.25, -0.2) is 4.39 Å². The van der Waals surface area contributed by atoms with Gasteiger partial charge in [-0.1, -0.05) is 28.1 Å². The molecule has 0 bridgehead atoms. The van der Waals surface area contributed by atoms with E-state index in [0.717, 1.165) is 28.8 Å². The summed E-state index contributed by atoms with van der Waals surface area (Å²) >= 11 is 3.27. The largest absolute Gasteiger partial charge is 0.398 e. The number of halogens is 2. The molecule has 2 N–H and O–H groups in total. The van der Waals surface area contributed by atoms with Gasteiger partial charge in [0.2, 0.25) is 0 Å². The molecule has 0 spiro atoms. The molecule has 0 saturated heterocycles. The van der Waals surface area contributed by atoms with Gasteiger partial charge in [-0.2, -0.15) is 0 Å². The SMILES string of the molecule is Nc1cccc2c1CCN2Cc1ccc(Br)cc1F. The van der Waals surface area contributed by atoms with E-state index in [-0.39, 0.29) is 5.82 Å². The number of nitrogens with zero attached hydrogens (tertiary/aromatic N) is 1. The number of anilines is 2. The molecule has 0 atom stereocenters. The fourth-order valence-corrected chi connectivity index (χ4v) is 2.88. The van der Waals surface area contributed by atoms with Crippen LogP contribution in [0, 0.1) is 5.82 Å². The van der Waals surface area contributed by atoms with Gasteiger partial charge in [0.25, 0.3) is 0 Å². The van der Waals surface area contributed by atoms with Crippen molar-refractivity contribution >= 4 is 27.3 Å². The van der Waals surface area contributed by atoms with E-state index in [4.69, 9.17) is 5.73 Å². The molecule has 19 heavy (non-hydrogen) atoms. The quantitative estimate of drug-likeness (QED) is 0.854. The average molecular weight is 321 g/mol. The first-order valence-corrected chi connectivity index (χ1v) is 7.00. The van der Waals surface area contributed by atoms with Crippen molar-refractivity contribution in [3.05, 3.63) is 57.8 Å². The Morgan fingerprint density at radius 3 is 2.89 bits per heavy atom. The van der Waals surface area contributed by atoms with Gasteiger partial charge in [0.15, 0.2) is 0 Å². The fourth-order valence-electron chi connectivity index (χ4n) is 2.55. The van der Waals surface area contributed by atoms with Crippen molar-refractivity contribution < 1.29 is 4.39 Å². The predicted octanol–water partition coefficient (Wildman–Crippen LogP) is 3.73. The molecule has 0 fully saturated rings. The van der Waals surface area contributed by atoms with Gasteiger partial charge in [0.1, 0.15) is 5.82 Å². The van der Waals surface area contributed by atoms with Crippen LogP contribution in [-0.2, 0) is 13.0 Å². The smallest absolute Gasteiger partial charge is 0.129 e. The van der Waals surface area contributed by atoms with E-state index in [1.165, 1.54) is 11.6 Å². The maximum Gasteiger partial charge on any atom is 0.129 e. The van der Waals surface area contributed by atoms with E-state index in [9.17, 15) is 4.39 Å². The average Bonchev–Trinajstić information content (AvgIpc) is 2.78. The predicted molar refractivity (Wildman–Crippen MR) is 79.7 cm³/mol. The van der Waals surface area contributed by atoms with E-state index >= 15 is 0 Å². The molecule has 2 nitrogen and oxygen atoms in total. The molecule has 1 aliphatic rings. The van der Waals surface area contributed by atoms with Gasteiger partial charge in [0, 0.05) is 40.1 Å². The number of rotatable bonds is 2. The summed E-state index contributed by atoms with van der Waals surface area (Å²) in [5, 5.41) is 0. The topological polar surface area (TPSA) is 29.3 Å². The van der Waals surface area contributed by atoms with Crippen molar-refractivity contribution in [2.75, 3.05) is 17.2 Å². The van der Waals surface area contributed by atoms with Crippen molar-refractivity contribution in [1.29, 1.82) is 0 Å². The molecular weight excluding hydrogens is 307 g/mol. The molecule has 98 valence electrons. The minimum atomic E-state index is -0.174. The minimum Gasteiger partial charge on any atom is -0.398 e. The summed E-state index contributed by atoms with van der Waals surface area (Å²) in [5.74, 6) is -0.174. The summed E-state index contributed by atoms with van der Waals surface area (Å²) in [6.07, 6.45) is 0.931. The Labute approximate surface area is 120 Å². The van der Waals surface area contributed by atoms with Gasteiger partial charge in [-0.15, -0.1) is 0 Å². The highest BCUT2D eigenvalue weighted by molar-refractivity contribution is 9.10. The third-order valence-corrected chi connectivity index (χ3v) is 4.03. The number of nitrogen functional groups attached to an aromatic ring is 1. The van der Waals surface area contributed by atoms with E-state index in [1.807, 2.05) is 24.3 Å². The zero-order chi connectivity index (χ0) is 13.4. The van der Waals surface area contributed by atoms with Crippen LogP contribution in [-0.4, -0.2) is 6.54 Å². The molecule has 1 aliphatic heterocycles. The van der Waals surface area contributed by atoms with Crippen LogP contribution in [0.4, 0.5) is 15.8 Å². The lowest BCUT2D eigenvalue weighted by molar-refractivity contribution is 0.605. The van der Waals surface area contributed by atoms with E-state index in [0.29, 0.717) is 12.1 Å². The van der Waals surface area contributed by atoms with Crippen LogP contribution in [0.15, 0.2) is 40.9 Å². The van der Waals surface area contributed by atoms with Gasteiger partial charge in [-0.3, -0.25) is 0 Å². The maximum atomic E-state index is 13.9. The van der Waals surface area contributed by atoms with Crippen LogP contribution in [0.1, 0.15) is 11.1 Å². The normalized spacial score (nSPS) is 13.7. The second-order valence-corrected chi connectivity index (χ2v) is 5.67. The molecule has 3 rings (SSSR count). The molecule has 2 aromatic carbocycles. The molecule has 0 aliphatic carbocycles. The maximum absolute atomic E-state index is 13.9. The summed E-state index contributed by atoms with van der Waals surface area (Å²) in [6.45, 7) is 1.47. The van der Waals surface area contributed by atoms with Gasteiger partial charge in [-0.05, 0) is 30.7 Å². The Hall–Kier alpha value is -1.55. The Balaban J connectivity index is 1.89. The molecule has 0 unspecified atom stereocenters. The minimum absolute atomic E-state index is 0.174. The zero-order valence-electron chi connectivity index (χ0n) is 10.4. The van der Waals surface area contributed by atoms with Crippen LogP contribution < -0.4 is 10.6 Å². The Kier molecular flexibility index (Phi) is 3.19. The Morgan fingerprint density at radius 1 is 1.26 bits per heavy atom. The van der Waals surface area contributed by atoms with Crippen LogP contribution in [0.2, 0.25) is 0 Å². The molecule has 2 aromatic rings. The van der Waals surface area contributed by atoms with Crippen LogP contribution >= 0.6 is 15.9 Å². The molecule has 0 radical (unpaired) electrons. The van der Waals surface area contributed by atoms with Gasteiger partial charge >= 0.3 is 0 Å². The standard InChI is InChI=1S/C15H14BrFN2/c16-11-5-4-10(13(17)8-11)9-19-7-6-12-14(18)2-1-3-15(12)19/h1-5,8H,6-7,9,18H2. The van der Waals surface area contributed by atoms with Crippen LogP contribution in [0.25, 0.3) is 0 Å². The number of fused-ring (bicyclic) bond motifs is 1. The molecular formula is C15H14BrFN2. The molecule has 0 amide bonds. The summed E-state index contributed by atoms with van der Waals surface area (Å²) in [4.78, 5) is 2.18. The van der Waals surface area contributed by atoms with E-state index in [1.54, 1.807) is 0 Å². The lowest BCUT2D eigenvalue weighted by Crippen LogP contribution is -2.20. The van der Waals surface area contributed by atoms with Crippen LogP contribution in [0.3, 0.4) is 0 Å². The monoisotopic (exact) mass is 320 g/mol. The third-order valence-electron chi connectivity index (χ3n) is 3.54. The summed E-state index contributed by atoms with van der Waals surface area (Å²) in [6, 6.07) is 11.1. The first-order chi connectivity index (χ1) is 9.15. The first kappa shape index (κ1) is 12.5. The van der Waals surface area contributed by atoms with Crippen molar-refractivity contribution in [1.82, 2.24) is 0 Å². The van der Waals surface area contributed by atoms with E-state index in [2.05, 4.69) is 26.9 Å². The third kappa shape index (κ3) is 2.32. The second-order valence-electron chi connectivity index (χ2n) is 4.75.